The van der Waals surface area contributed by atoms with Crippen LogP contribution in [0, 0.1) is 5.41 Å². The lowest BCUT2D eigenvalue weighted by atomic mass is 9.87. The monoisotopic (exact) mass is 311 g/mol. The predicted octanol–water partition coefficient (Wildman–Crippen LogP) is 1.06. The van der Waals surface area contributed by atoms with Crippen LogP contribution in [0.2, 0.25) is 0 Å². The number of hydrogen-bond donors (Lipinski definition) is 3. The molecule has 1 amide bonds. The lowest BCUT2D eigenvalue weighted by molar-refractivity contribution is -0.137. The van der Waals surface area contributed by atoms with Gasteiger partial charge in [-0.15, -0.1) is 0 Å². The molecule has 0 aromatic carbocycles. The molecule has 0 saturated carbocycles. The summed E-state index contributed by atoms with van der Waals surface area (Å²) < 4.78 is 5.15. The molecule has 0 bridgehead atoms. The van der Waals surface area contributed by atoms with Gasteiger partial charge >= 0.3 is 0 Å². The molecule has 22 heavy (non-hydrogen) atoms. The molecule has 1 heterocycles. The lowest BCUT2D eigenvalue weighted by Crippen LogP contribution is -2.45. The van der Waals surface area contributed by atoms with Crippen LogP contribution in [-0.2, 0) is 16.0 Å². The highest BCUT2D eigenvalue weighted by Gasteiger charge is 2.32. The molecular weight excluding hydrogens is 286 g/mol. The average molecular weight is 311 g/mol. The maximum Gasteiger partial charge on any atom is 0.249 e. The van der Waals surface area contributed by atoms with Crippen LogP contribution in [0.25, 0.3) is 0 Å². The van der Waals surface area contributed by atoms with Gasteiger partial charge in [-0.1, -0.05) is 13.8 Å². The number of ketones is 1. The number of aliphatic hydroxyl groups excluding tert-OH is 2. The summed E-state index contributed by atoms with van der Waals surface area (Å²) in [6, 6.07) is 3.62. The van der Waals surface area contributed by atoms with Crippen molar-refractivity contribution in [2.45, 2.75) is 45.6 Å². The van der Waals surface area contributed by atoms with Crippen LogP contribution in [0.3, 0.4) is 0 Å². The van der Waals surface area contributed by atoms with Crippen LogP contribution in [0.4, 0.5) is 0 Å². The Morgan fingerprint density at radius 1 is 1.36 bits per heavy atom. The van der Waals surface area contributed by atoms with Gasteiger partial charge in [0.2, 0.25) is 5.91 Å². The number of Topliss-reactive ketones (excluding diaryl/α,β-unsaturated/α-hetero) is 1. The third-order valence-electron chi connectivity index (χ3n) is 3.56. The summed E-state index contributed by atoms with van der Waals surface area (Å²) in [5, 5.41) is 21.5. The maximum absolute atomic E-state index is 11.7. The number of rotatable bonds is 10. The van der Waals surface area contributed by atoms with Gasteiger partial charge in [0.1, 0.15) is 17.6 Å². The zero-order chi connectivity index (χ0) is 16.6. The maximum atomic E-state index is 11.7. The van der Waals surface area contributed by atoms with E-state index in [0.29, 0.717) is 32.2 Å². The van der Waals surface area contributed by atoms with E-state index in [2.05, 4.69) is 5.32 Å². The first-order chi connectivity index (χ1) is 10.4. The molecule has 0 aliphatic carbocycles. The lowest BCUT2D eigenvalue weighted by Gasteiger charge is -2.27. The highest BCUT2D eigenvalue weighted by molar-refractivity contribution is 5.81. The Bertz CT molecular complexity index is 467. The van der Waals surface area contributed by atoms with Crippen molar-refractivity contribution in [2.24, 2.45) is 5.41 Å². The number of carbonyl (C=O) groups excluding carboxylic acids is 2. The third-order valence-corrected chi connectivity index (χ3v) is 3.56. The second-order valence-corrected chi connectivity index (χ2v) is 6.06. The van der Waals surface area contributed by atoms with Gasteiger partial charge in [0.25, 0.3) is 0 Å². The Labute approximate surface area is 130 Å². The molecule has 6 nitrogen and oxygen atoms in total. The van der Waals surface area contributed by atoms with Crippen molar-refractivity contribution >= 4 is 11.7 Å². The highest BCUT2D eigenvalue weighted by Crippen LogP contribution is 2.19. The van der Waals surface area contributed by atoms with Crippen molar-refractivity contribution in [3.8, 4) is 0 Å². The van der Waals surface area contributed by atoms with E-state index >= 15 is 0 Å². The molecule has 0 saturated heterocycles. The van der Waals surface area contributed by atoms with Gasteiger partial charge in [0.15, 0.2) is 0 Å². The number of nitrogens with one attached hydrogen (secondary N) is 1. The first-order valence-electron chi connectivity index (χ1n) is 7.47. The summed E-state index contributed by atoms with van der Waals surface area (Å²) in [5.74, 6) is 0.375. The fourth-order valence-electron chi connectivity index (χ4n) is 1.88. The van der Waals surface area contributed by atoms with E-state index in [9.17, 15) is 14.7 Å². The first kappa shape index (κ1) is 18.4. The Morgan fingerprint density at radius 3 is 2.68 bits per heavy atom. The van der Waals surface area contributed by atoms with Gasteiger partial charge in [0, 0.05) is 31.2 Å². The minimum Gasteiger partial charge on any atom is -0.469 e. The zero-order valence-electron chi connectivity index (χ0n) is 13.2. The minimum atomic E-state index is -1.27. The van der Waals surface area contributed by atoms with Gasteiger partial charge < -0.3 is 19.9 Å². The first-order valence-corrected chi connectivity index (χ1v) is 7.47. The SMILES string of the molecule is CC(C)(CO)[C@@H](O)C(=O)NCCCC(=O)CCc1ccco1. The van der Waals surface area contributed by atoms with Crippen LogP contribution in [0.1, 0.15) is 38.9 Å². The summed E-state index contributed by atoms with van der Waals surface area (Å²) in [4.78, 5) is 23.4. The molecule has 3 N–H and O–H groups in total. The third kappa shape index (κ3) is 5.99. The number of aliphatic hydroxyl groups is 2. The fourth-order valence-corrected chi connectivity index (χ4v) is 1.88. The predicted molar refractivity (Wildman–Crippen MR) is 81.2 cm³/mol. The summed E-state index contributed by atoms with van der Waals surface area (Å²) in [6.45, 7) is 3.25. The largest absolute Gasteiger partial charge is 0.469 e. The standard InChI is InChI=1S/C16H25NO5/c1-16(2,11-18)14(20)15(21)17-9-3-5-12(19)7-8-13-6-4-10-22-13/h4,6,10,14,18,20H,3,5,7-9,11H2,1-2H3,(H,17,21)/t14-/m0/s1. The Kier molecular flexibility index (Phi) is 7.27. The van der Waals surface area contributed by atoms with Gasteiger partial charge in [-0.2, -0.15) is 0 Å². The minimum absolute atomic E-state index is 0.113. The van der Waals surface area contributed by atoms with Gasteiger partial charge in [-0.3, -0.25) is 9.59 Å². The molecule has 1 atom stereocenters. The number of hydrogen-bond acceptors (Lipinski definition) is 5. The van der Waals surface area contributed by atoms with Crippen molar-refractivity contribution in [1.29, 1.82) is 0 Å². The van der Waals surface area contributed by atoms with E-state index < -0.39 is 17.4 Å². The zero-order valence-corrected chi connectivity index (χ0v) is 13.2. The Balaban J connectivity index is 2.16. The molecular formula is C16H25NO5. The molecule has 0 aliphatic heterocycles. The van der Waals surface area contributed by atoms with E-state index in [1.165, 1.54) is 0 Å². The summed E-state index contributed by atoms with van der Waals surface area (Å²) >= 11 is 0. The Hall–Kier alpha value is -1.66. The van der Waals surface area contributed by atoms with Gasteiger partial charge in [-0.25, -0.2) is 0 Å². The van der Waals surface area contributed by atoms with Crippen LogP contribution in [0.5, 0.6) is 0 Å². The van der Waals surface area contributed by atoms with E-state index in [-0.39, 0.29) is 12.4 Å². The molecule has 6 heteroatoms. The molecule has 0 fully saturated rings. The molecule has 0 unspecified atom stereocenters. The quantitative estimate of drug-likeness (QED) is 0.561. The second-order valence-electron chi connectivity index (χ2n) is 6.06. The Morgan fingerprint density at radius 2 is 2.09 bits per heavy atom. The van der Waals surface area contributed by atoms with E-state index in [0.717, 1.165) is 5.76 Å². The van der Waals surface area contributed by atoms with Gasteiger partial charge in [-0.05, 0) is 18.6 Å². The van der Waals surface area contributed by atoms with Crippen molar-refractivity contribution in [3.63, 3.8) is 0 Å². The van der Waals surface area contributed by atoms with Crippen LogP contribution < -0.4 is 5.32 Å². The number of amides is 1. The summed E-state index contributed by atoms with van der Waals surface area (Å²) in [7, 11) is 0. The van der Waals surface area contributed by atoms with Crippen molar-refractivity contribution in [3.05, 3.63) is 24.2 Å². The van der Waals surface area contributed by atoms with Crippen molar-refractivity contribution < 1.29 is 24.2 Å². The molecule has 0 spiro atoms. The fraction of sp³-hybridized carbons (Fsp3) is 0.625. The van der Waals surface area contributed by atoms with E-state index in [1.54, 1.807) is 26.2 Å². The molecule has 0 aliphatic rings. The molecule has 124 valence electrons. The molecule has 1 aromatic rings. The summed E-state index contributed by atoms with van der Waals surface area (Å²) in [5.41, 5.74) is -0.886. The van der Waals surface area contributed by atoms with Crippen LogP contribution in [-0.4, -0.2) is 41.2 Å². The van der Waals surface area contributed by atoms with Gasteiger partial charge in [0.05, 0.1) is 12.9 Å². The van der Waals surface area contributed by atoms with Crippen LogP contribution in [0.15, 0.2) is 22.8 Å². The van der Waals surface area contributed by atoms with Crippen molar-refractivity contribution in [2.75, 3.05) is 13.2 Å². The molecule has 0 radical (unpaired) electrons. The highest BCUT2D eigenvalue weighted by atomic mass is 16.3. The average Bonchev–Trinajstić information content (AvgIpc) is 3.01. The summed E-state index contributed by atoms with van der Waals surface area (Å²) in [6.07, 6.45) is 2.21. The van der Waals surface area contributed by atoms with Crippen LogP contribution >= 0.6 is 0 Å². The number of aryl methyl sites for hydroxylation is 1. The number of carbonyl (C=O) groups is 2. The smallest absolute Gasteiger partial charge is 0.249 e. The van der Waals surface area contributed by atoms with E-state index in [4.69, 9.17) is 9.52 Å². The molecule has 1 rings (SSSR count). The number of furan rings is 1. The normalized spacial score (nSPS) is 12.9. The topological polar surface area (TPSA) is 99.8 Å². The molecule has 1 aromatic heterocycles. The van der Waals surface area contributed by atoms with E-state index in [1.807, 2.05) is 6.07 Å². The van der Waals surface area contributed by atoms with Crippen molar-refractivity contribution in [1.82, 2.24) is 5.32 Å². The second kappa shape index (κ2) is 8.70.